The van der Waals surface area contributed by atoms with E-state index < -0.39 is 11.7 Å². The molecule has 0 atom stereocenters. The summed E-state index contributed by atoms with van der Waals surface area (Å²) in [5.74, 6) is -1.09. The van der Waals surface area contributed by atoms with Gasteiger partial charge in [-0.15, -0.1) is 0 Å². The van der Waals surface area contributed by atoms with Crippen LogP contribution in [-0.2, 0) is 4.79 Å². The van der Waals surface area contributed by atoms with Gasteiger partial charge in [0.15, 0.2) is 0 Å². The van der Waals surface area contributed by atoms with E-state index in [-0.39, 0.29) is 0 Å². The maximum Gasteiger partial charge on any atom is 0.370 e. The van der Waals surface area contributed by atoms with Crippen LogP contribution in [0, 0.1) is 0 Å². The third-order valence-electron chi connectivity index (χ3n) is 1.90. The average Bonchev–Trinajstić information content (AvgIpc) is 2.28. The third kappa shape index (κ3) is 2.91. The lowest BCUT2D eigenvalue weighted by atomic mass is 10.2. The van der Waals surface area contributed by atoms with Crippen LogP contribution in [0.3, 0.4) is 0 Å². The number of methoxy groups -OCH3 is 2. The Balaban J connectivity index is 3.13. The minimum atomic E-state index is -1.39. The zero-order valence-electron chi connectivity index (χ0n) is 8.93. The van der Waals surface area contributed by atoms with Gasteiger partial charge in [0.1, 0.15) is 11.5 Å². The van der Waals surface area contributed by atoms with Gasteiger partial charge >= 0.3 is 5.97 Å². The first kappa shape index (κ1) is 11.9. The highest BCUT2D eigenvalue weighted by Crippen LogP contribution is 2.23. The molecule has 0 bridgehead atoms. The minimum Gasteiger partial charge on any atom is -0.502 e. The molecule has 0 spiro atoms. The molecule has 0 heterocycles. The number of hydrogen-bond donors (Lipinski definition) is 2. The Kier molecular flexibility index (Phi) is 3.77. The molecule has 16 heavy (non-hydrogen) atoms. The molecule has 1 rings (SSSR count). The monoisotopic (exact) mass is 224 g/mol. The highest BCUT2D eigenvalue weighted by atomic mass is 16.5. The summed E-state index contributed by atoms with van der Waals surface area (Å²) in [6.07, 6.45) is 1.12. The summed E-state index contributed by atoms with van der Waals surface area (Å²) in [5.41, 5.74) is 0.483. The standard InChI is InChI=1S/C11H12O5/c1-15-8-3-7(4-9(6-8)16-2)5-10(12)11(13)14/h3-6,12H,1-2H3,(H,13,14). The lowest BCUT2D eigenvalue weighted by Gasteiger charge is -2.05. The fourth-order valence-electron chi connectivity index (χ4n) is 1.13. The summed E-state index contributed by atoms with van der Waals surface area (Å²) in [6.45, 7) is 0. The predicted molar refractivity (Wildman–Crippen MR) is 57.8 cm³/mol. The van der Waals surface area contributed by atoms with Crippen molar-refractivity contribution in [1.29, 1.82) is 0 Å². The van der Waals surface area contributed by atoms with Crippen LogP contribution in [0.25, 0.3) is 6.08 Å². The van der Waals surface area contributed by atoms with Crippen molar-refractivity contribution in [3.05, 3.63) is 29.5 Å². The fraction of sp³-hybridized carbons (Fsp3) is 0.182. The zero-order valence-corrected chi connectivity index (χ0v) is 8.93. The number of hydrogen-bond acceptors (Lipinski definition) is 4. The van der Waals surface area contributed by atoms with Crippen LogP contribution >= 0.6 is 0 Å². The number of carboxylic acid groups (broad SMARTS) is 1. The van der Waals surface area contributed by atoms with E-state index in [1.807, 2.05) is 0 Å². The minimum absolute atomic E-state index is 0.483. The van der Waals surface area contributed by atoms with Gasteiger partial charge in [-0.2, -0.15) is 0 Å². The van der Waals surface area contributed by atoms with Crippen molar-refractivity contribution in [2.24, 2.45) is 0 Å². The number of rotatable bonds is 4. The summed E-state index contributed by atoms with van der Waals surface area (Å²) in [6, 6.07) is 4.82. The number of ether oxygens (including phenoxy) is 2. The van der Waals surface area contributed by atoms with Crippen molar-refractivity contribution in [2.45, 2.75) is 0 Å². The molecule has 0 saturated heterocycles. The van der Waals surface area contributed by atoms with Crippen LogP contribution in [0.15, 0.2) is 24.0 Å². The third-order valence-corrected chi connectivity index (χ3v) is 1.90. The van der Waals surface area contributed by atoms with Gasteiger partial charge in [0.05, 0.1) is 14.2 Å². The topological polar surface area (TPSA) is 76.0 Å². The van der Waals surface area contributed by atoms with Crippen LogP contribution in [-0.4, -0.2) is 30.4 Å². The molecule has 0 aliphatic rings. The van der Waals surface area contributed by atoms with Gasteiger partial charge < -0.3 is 19.7 Å². The molecule has 2 N–H and O–H groups in total. The Bertz CT molecular complexity index is 400. The maximum atomic E-state index is 10.4. The number of aliphatic carboxylic acids is 1. The molecule has 0 aliphatic heterocycles. The van der Waals surface area contributed by atoms with E-state index in [1.165, 1.54) is 14.2 Å². The second-order valence-electron chi connectivity index (χ2n) is 2.98. The van der Waals surface area contributed by atoms with Gasteiger partial charge in [0.2, 0.25) is 5.76 Å². The first-order chi connectivity index (χ1) is 7.56. The second kappa shape index (κ2) is 5.06. The Hall–Kier alpha value is -2.17. The Morgan fingerprint density at radius 2 is 1.62 bits per heavy atom. The number of carbonyl (C=O) groups is 1. The lowest BCUT2D eigenvalue weighted by Crippen LogP contribution is -1.98. The van der Waals surface area contributed by atoms with Crippen molar-refractivity contribution >= 4 is 12.0 Å². The summed E-state index contributed by atoms with van der Waals surface area (Å²) < 4.78 is 10.0. The normalized spacial score (nSPS) is 11.0. The molecule has 0 amide bonds. The Morgan fingerprint density at radius 1 is 1.12 bits per heavy atom. The largest absolute Gasteiger partial charge is 0.502 e. The van der Waals surface area contributed by atoms with Crippen molar-refractivity contribution < 1.29 is 24.5 Å². The molecule has 0 aliphatic carbocycles. The highest BCUT2D eigenvalue weighted by molar-refractivity contribution is 5.89. The maximum absolute atomic E-state index is 10.4. The summed E-state index contributed by atoms with van der Waals surface area (Å²) in [4.78, 5) is 10.4. The molecule has 5 nitrogen and oxygen atoms in total. The average molecular weight is 224 g/mol. The van der Waals surface area contributed by atoms with E-state index in [9.17, 15) is 4.79 Å². The first-order valence-electron chi connectivity index (χ1n) is 4.44. The van der Waals surface area contributed by atoms with Crippen LogP contribution in [0.5, 0.6) is 11.5 Å². The van der Waals surface area contributed by atoms with E-state index in [0.29, 0.717) is 17.1 Å². The van der Waals surface area contributed by atoms with Crippen molar-refractivity contribution in [3.63, 3.8) is 0 Å². The van der Waals surface area contributed by atoms with Crippen molar-refractivity contribution in [1.82, 2.24) is 0 Å². The number of benzene rings is 1. The van der Waals surface area contributed by atoms with Crippen LogP contribution in [0.2, 0.25) is 0 Å². The second-order valence-corrected chi connectivity index (χ2v) is 2.98. The molecule has 0 saturated carbocycles. The highest BCUT2D eigenvalue weighted by Gasteiger charge is 2.05. The van der Waals surface area contributed by atoms with Crippen LogP contribution in [0.1, 0.15) is 5.56 Å². The molecule has 0 fully saturated rings. The van der Waals surface area contributed by atoms with E-state index >= 15 is 0 Å². The predicted octanol–water partition coefficient (Wildman–Crippen LogP) is 1.69. The molecular weight excluding hydrogens is 212 g/mol. The van der Waals surface area contributed by atoms with Gasteiger partial charge in [-0.05, 0) is 23.8 Å². The Labute approximate surface area is 92.5 Å². The first-order valence-corrected chi connectivity index (χ1v) is 4.44. The quantitative estimate of drug-likeness (QED) is 0.601. The summed E-state index contributed by atoms with van der Waals surface area (Å²) >= 11 is 0. The molecule has 0 unspecified atom stereocenters. The number of aliphatic hydroxyl groups is 1. The summed E-state index contributed by atoms with van der Waals surface area (Å²) in [7, 11) is 2.97. The van der Waals surface area contributed by atoms with E-state index in [0.717, 1.165) is 6.08 Å². The van der Waals surface area contributed by atoms with Crippen molar-refractivity contribution in [2.75, 3.05) is 14.2 Å². The van der Waals surface area contributed by atoms with Gasteiger partial charge in [0.25, 0.3) is 0 Å². The SMILES string of the molecule is COc1cc(C=C(O)C(=O)O)cc(OC)c1. The Morgan fingerprint density at radius 3 is 2.00 bits per heavy atom. The van der Waals surface area contributed by atoms with E-state index in [4.69, 9.17) is 19.7 Å². The van der Waals surface area contributed by atoms with Gasteiger partial charge in [-0.3, -0.25) is 0 Å². The molecule has 0 radical (unpaired) electrons. The molecule has 86 valence electrons. The van der Waals surface area contributed by atoms with E-state index in [1.54, 1.807) is 18.2 Å². The molecular formula is C11H12O5. The smallest absolute Gasteiger partial charge is 0.370 e. The van der Waals surface area contributed by atoms with E-state index in [2.05, 4.69) is 0 Å². The number of carboxylic acids is 1. The number of aliphatic hydroxyl groups excluding tert-OH is 1. The zero-order chi connectivity index (χ0) is 12.1. The summed E-state index contributed by atoms with van der Waals surface area (Å²) in [5, 5.41) is 17.6. The van der Waals surface area contributed by atoms with Gasteiger partial charge in [0, 0.05) is 6.07 Å². The van der Waals surface area contributed by atoms with Gasteiger partial charge in [-0.1, -0.05) is 0 Å². The van der Waals surface area contributed by atoms with Crippen molar-refractivity contribution in [3.8, 4) is 11.5 Å². The van der Waals surface area contributed by atoms with Gasteiger partial charge in [-0.25, -0.2) is 4.79 Å². The van der Waals surface area contributed by atoms with Crippen LogP contribution in [0.4, 0.5) is 0 Å². The molecule has 0 aromatic heterocycles. The lowest BCUT2D eigenvalue weighted by molar-refractivity contribution is -0.135. The van der Waals surface area contributed by atoms with Crippen LogP contribution < -0.4 is 9.47 Å². The molecule has 5 heteroatoms. The molecule has 1 aromatic rings. The fourth-order valence-corrected chi connectivity index (χ4v) is 1.13. The molecule has 1 aromatic carbocycles.